The van der Waals surface area contributed by atoms with Crippen LogP contribution in [0.4, 0.5) is 15.8 Å². The van der Waals surface area contributed by atoms with Crippen molar-refractivity contribution in [2.45, 2.75) is 19.3 Å². The van der Waals surface area contributed by atoms with Crippen molar-refractivity contribution in [1.29, 1.82) is 0 Å². The number of hydrogen-bond acceptors (Lipinski definition) is 5. The van der Waals surface area contributed by atoms with E-state index in [1.54, 1.807) is 24.3 Å². The maximum atomic E-state index is 13.3. The van der Waals surface area contributed by atoms with Crippen molar-refractivity contribution in [3.63, 3.8) is 0 Å². The molecule has 2 rings (SSSR count). The molecular weight excluding hydrogens is 343 g/mol. The van der Waals surface area contributed by atoms with Gasteiger partial charge in [0.25, 0.3) is 5.91 Å². The van der Waals surface area contributed by atoms with Crippen LogP contribution in [0, 0.1) is 15.9 Å². The fourth-order valence-electron chi connectivity index (χ4n) is 2.39. The Morgan fingerprint density at radius 3 is 2.54 bits per heavy atom. The number of nitrogens with one attached hydrogen (secondary N) is 1. The van der Waals surface area contributed by atoms with E-state index in [0.29, 0.717) is 6.42 Å². The molecule has 0 bridgehead atoms. The van der Waals surface area contributed by atoms with E-state index in [4.69, 9.17) is 4.74 Å². The van der Waals surface area contributed by atoms with Crippen molar-refractivity contribution in [1.82, 2.24) is 0 Å². The molecule has 0 aliphatic heterocycles. The monoisotopic (exact) mass is 360 g/mol. The van der Waals surface area contributed by atoms with Crippen LogP contribution in [0.2, 0.25) is 0 Å². The van der Waals surface area contributed by atoms with Gasteiger partial charge in [0.15, 0.2) is 6.61 Å². The summed E-state index contributed by atoms with van der Waals surface area (Å²) in [5, 5.41) is 13.0. The number of nitro groups is 1. The Hall–Kier alpha value is -3.29. The summed E-state index contributed by atoms with van der Waals surface area (Å²) < 4.78 is 18.3. The maximum absolute atomic E-state index is 13.3. The molecule has 0 saturated heterocycles. The van der Waals surface area contributed by atoms with Crippen molar-refractivity contribution in [2.24, 2.45) is 0 Å². The Labute approximate surface area is 148 Å². The number of hydrogen-bond donors (Lipinski definition) is 1. The summed E-state index contributed by atoms with van der Waals surface area (Å²) >= 11 is 0. The highest BCUT2D eigenvalue weighted by atomic mass is 19.1. The molecular formula is C18H17FN2O5. The van der Waals surface area contributed by atoms with Gasteiger partial charge < -0.3 is 10.1 Å². The van der Waals surface area contributed by atoms with E-state index < -0.39 is 40.8 Å². The molecule has 2 aromatic carbocycles. The van der Waals surface area contributed by atoms with Crippen molar-refractivity contribution in [3.8, 4) is 0 Å². The van der Waals surface area contributed by atoms with E-state index in [0.717, 1.165) is 17.7 Å². The van der Waals surface area contributed by atoms with Crippen LogP contribution in [-0.2, 0) is 14.3 Å². The van der Waals surface area contributed by atoms with Gasteiger partial charge in [-0.15, -0.1) is 0 Å². The van der Waals surface area contributed by atoms with E-state index in [2.05, 4.69) is 5.32 Å². The third-order valence-corrected chi connectivity index (χ3v) is 3.67. The van der Waals surface area contributed by atoms with Gasteiger partial charge in [-0.1, -0.05) is 37.3 Å². The minimum atomic E-state index is -1.01. The molecule has 0 heterocycles. The molecule has 0 aromatic heterocycles. The molecule has 0 unspecified atom stereocenters. The highest BCUT2D eigenvalue weighted by Gasteiger charge is 2.21. The Bertz CT molecular complexity index is 810. The summed E-state index contributed by atoms with van der Waals surface area (Å²) in [5.41, 5.74) is 0.0683. The second-order valence-corrected chi connectivity index (χ2v) is 5.45. The van der Waals surface area contributed by atoms with Gasteiger partial charge in [-0.2, -0.15) is 4.39 Å². The number of rotatable bonds is 7. The summed E-state index contributed by atoms with van der Waals surface area (Å²) in [4.78, 5) is 33.9. The number of ether oxygens (including phenoxy) is 1. The Balaban J connectivity index is 1.95. The molecule has 1 atom stereocenters. The minimum Gasteiger partial charge on any atom is -0.455 e. The molecule has 0 fully saturated rings. The second-order valence-electron chi connectivity index (χ2n) is 5.45. The molecule has 136 valence electrons. The molecule has 0 radical (unpaired) electrons. The van der Waals surface area contributed by atoms with Crippen LogP contribution in [-0.4, -0.2) is 23.4 Å². The Kier molecular flexibility index (Phi) is 6.37. The first-order chi connectivity index (χ1) is 12.4. The highest BCUT2D eigenvalue weighted by Crippen LogP contribution is 2.22. The lowest BCUT2D eigenvalue weighted by molar-refractivity contribution is -0.387. The van der Waals surface area contributed by atoms with Crippen LogP contribution < -0.4 is 5.32 Å². The largest absolute Gasteiger partial charge is 0.455 e. The van der Waals surface area contributed by atoms with E-state index >= 15 is 0 Å². The number of amides is 1. The molecule has 7 nitrogen and oxygen atoms in total. The maximum Gasteiger partial charge on any atom is 0.313 e. The number of anilines is 1. The van der Waals surface area contributed by atoms with Crippen LogP contribution >= 0.6 is 0 Å². The number of esters is 1. The molecule has 8 heteroatoms. The average molecular weight is 360 g/mol. The average Bonchev–Trinajstić information content (AvgIpc) is 2.63. The lowest BCUT2D eigenvalue weighted by Crippen LogP contribution is -2.24. The fourth-order valence-corrected chi connectivity index (χ4v) is 2.39. The fraction of sp³-hybridized carbons (Fsp3) is 0.222. The van der Waals surface area contributed by atoms with Gasteiger partial charge in [0.2, 0.25) is 5.82 Å². The molecule has 2 aromatic rings. The number of nitro benzene ring substituents is 1. The molecule has 26 heavy (non-hydrogen) atoms. The van der Waals surface area contributed by atoms with Crippen LogP contribution in [0.1, 0.15) is 24.8 Å². The lowest BCUT2D eigenvalue weighted by atomic mass is 9.97. The smallest absolute Gasteiger partial charge is 0.313 e. The van der Waals surface area contributed by atoms with E-state index in [1.165, 1.54) is 6.07 Å². The second kappa shape index (κ2) is 8.70. The lowest BCUT2D eigenvalue weighted by Gasteiger charge is -2.14. The van der Waals surface area contributed by atoms with Gasteiger partial charge >= 0.3 is 11.7 Å². The van der Waals surface area contributed by atoms with Crippen LogP contribution in [0.5, 0.6) is 0 Å². The standard InChI is InChI=1S/C18H17FN2O5/c1-2-14(12-6-4-3-5-7-12)18(23)26-11-17(22)20-13-8-9-15(19)16(10-13)21(24)25/h3-10,14H,2,11H2,1H3,(H,20,22)/t14-/m0/s1. The van der Waals surface area contributed by atoms with Crippen molar-refractivity contribution >= 4 is 23.3 Å². The third-order valence-electron chi connectivity index (χ3n) is 3.67. The summed E-state index contributed by atoms with van der Waals surface area (Å²) in [7, 11) is 0. The van der Waals surface area contributed by atoms with Gasteiger partial charge in [-0.25, -0.2) is 0 Å². The summed E-state index contributed by atoms with van der Waals surface area (Å²) in [6, 6.07) is 12.0. The van der Waals surface area contributed by atoms with E-state index in [1.807, 2.05) is 13.0 Å². The first kappa shape index (κ1) is 19.0. The predicted octanol–water partition coefficient (Wildman–Crippen LogP) is 3.41. The number of benzene rings is 2. The number of carbonyl (C=O) groups is 2. The van der Waals surface area contributed by atoms with Gasteiger partial charge in [-0.05, 0) is 24.1 Å². The van der Waals surface area contributed by atoms with Crippen LogP contribution in [0.3, 0.4) is 0 Å². The van der Waals surface area contributed by atoms with Crippen molar-refractivity contribution < 1.29 is 23.6 Å². The summed E-state index contributed by atoms with van der Waals surface area (Å²) in [5.74, 6) is -2.72. The molecule has 1 amide bonds. The topological polar surface area (TPSA) is 98.5 Å². The molecule has 0 spiro atoms. The quantitative estimate of drug-likeness (QED) is 0.463. The summed E-state index contributed by atoms with van der Waals surface area (Å²) in [6.45, 7) is 1.28. The zero-order chi connectivity index (χ0) is 19.1. The zero-order valence-corrected chi connectivity index (χ0v) is 14.0. The zero-order valence-electron chi connectivity index (χ0n) is 14.0. The first-order valence-corrected chi connectivity index (χ1v) is 7.87. The van der Waals surface area contributed by atoms with Crippen molar-refractivity contribution in [2.75, 3.05) is 11.9 Å². The first-order valence-electron chi connectivity index (χ1n) is 7.87. The molecule has 0 aliphatic carbocycles. The molecule has 1 N–H and O–H groups in total. The molecule has 0 aliphatic rings. The Morgan fingerprint density at radius 2 is 1.92 bits per heavy atom. The molecule has 0 saturated carbocycles. The van der Waals surface area contributed by atoms with Gasteiger partial charge in [0.1, 0.15) is 0 Å². The third kappa shape index (κ3) is 4.85. The highest BCUT2D eigenvalue weighted by molar-refractivity contribution is 5.93. The number of carbonyl (C=O) groups excluding carboxylic acids is 2. The number of nitrogens with zero attached hydrogens (tertiary/aromatic N) is 1. The van der Waals surface area contributed by atoms with Gasteiger partial charge in [0.05, 0.1) is 10.8 Å². The normalized spacial score (nSPS) is 11.5. The van der Waals surface area contributed by atoms with Crippen molar-refractivity contribution in [3.05, 3.63) is 70.0 Å². The number of halogens is 1. The van der Waals surface area contributed by atoms with E-state index in [9.17, 15) is 24.1 Å². The van der Waals surface area contributed by atoms with Gasteiger partial charge in [0, 0.05) is 11.8 Å². The minimum absolute atomic E-state index is 0.0363. The predicted molar refractivity (Wildman–Crippen MR) is 92.1 cm³/mol. The SMILES string of the molecule is CC[C@H](C(=O)OCC(=O)Nc1ccc(F)c([N+](=O)[O-])c1)c1ccccc1. The summed E-state index contributed by atoms with van der Waals surface area (Å²) in [6.07, 6.45) is 0.509. The van der Waals surface area contributed by atoms with Gasteiger partial charge in [-0.3, -0.25) is 19.7 Å². The van der Waals surface area contributed by atoms with Crippen LogP contribution in [0.15, 0.2) is 48.5 Å². The Morgan fingerprint density at radius 1 is 1.23 bits per heavy atom. The van der Waals surface area contributed by atoms with E-state index in [-0.39, 0.29) is 5.69 Å². The van der Waals surface area contributed by atoms with Crippen LogP contribution in [0.25, 0.3) is 0 Å².